The van der Waals surface area contributed by atoms with Crippen molar-refractivity contribution >= 4 is 41.7 Å². The number of nitrogens with one attached hydrogen (secondary N) is 1. The van der Waals surface area contributed by atoms with E-state index in [-0.39, 0.29) is 24.4 Å². The molecule has 0 saturated carbocycles. The molecule has 1 atom stereocenters. The Balaban J connectivity index is 0.00000180. The zero-order valence-electron chi connectivity index (χ0n) is 11.0. The third-order valence-corrected chi connectivity index (χ3v) is 4.22. The van der Waals surface area contributed by atoms with Crippen LogP contribution in [-0.4, -0.2) is 42.7 Å². The highest BCUT2D eigenvalue weighted by Crippen LogP contribution is 2.25. The van der Waals surface area contributed by atoms with E-state index in [1.54, 1.807) is 17.8 Å². The molecule has 1 amide bonds. The summed E-state index contributed by atoms with van der Waals surface area (Å²) in [5.74, 6) is 0.0323. The van der Waals surface area contributed by atoms with Gasteiger partial charge in [-0.25, -0.2) is 0 Å². The van der Waals surface area contributed by atoms with Crippen molar-refractivity contribution in [2.24, 2.45) is 0 Å². The van der Waals surface area contributed by atoms with E-state index in [4.69, 9.17) is 11.6 Å². The van der Waals surface area contributed by atoms with E-state index in [0.717, 1.165) is 24.5 Å². The minimum Gasteiger partial charge on any atom is -0.333 e. The molecule has 0 bridgehead atoms. The van der Waals surface area contributed by atoms with Gasteiger partial charge in [0.25, 0.3) is 5.91 Å². The Kier molecular flexibility index (Phi) is 6.47. The molecule has 0 unspecified atom stereocenters. The highest BCUT2D eigenvalue weighted by molar-refractivity contribution is 7.98. The Hall–Kier alpha value is -0.420. The van der Waals surface area contributed by atoms with Crippen molar-refractivity contribution in [2.45, 2.75) is 17.9 Å². The zero-order chi connectivity index (χ0) is 13.1. The van der Waals surface area contributed by atoms with Crippen LogP contribution in [0.1, 0.15) is 17.3 Å². The van der Waals surface area contributed by atoms with Gasteiger partial charge in [-0.15, -0.1) is 24.2 Å². The second-order valence-corrected chi connectivity index (χ2v) is 5.68. The fourth-order valence-corrected chi connectivity index (χ4v) is 2.73. The number of piperazine rings is 1. The molecule has 1 aromatic carbocycles. The lowest BCUT2D eigenvalue weighted by atomic mass is 10.1. The maximum atomic E-state index is 12.5. The van der Waals surface area contributed by atoms with Crippen LogP contribution in [0.5, 0.6) is 0 Å². The van der Waals surface area contributed by atoms with Crippen LogP contribution in [-0.2, 0) is 0 Å². The number of carbonyl (C=O) groups excluding carboxylic acids is 1. The summed E-state index contributed by atoms with van der Waals surface area (Å²) in [6.45, 7) is 4.47. The van der Waals surface area contributed by atoms with Crippen molar-refractivity contribution in [3.8, 4) is 0 Å². The average molecular weight is 321 g/mol. The number of hydrogen-bond donors (Lipinski definition) is 1. The van der Waals surface area contributed by atoms with Crippen LogP contribution in [0.3, 0.4) is 0 Å². The third-order valence-electron chi connectivity index (χ3n) is 3.17. The number of nitrogens with zero attached hydrogens (tertiary/aromatic N) is 1. The summed E-state index contributed by atoms with van der Waals surface area (Å²) in [7, 11) is 0. The van der Waals surface area contributed by atoms with Gasteiger partial charge in [0.2, 0.25) is 0 Å². The highest BCUT2D eigenvalue weighted by atomic mass is 35.5. The van der Waals surface area contributed by atoms with Crippen molar-refractivity contribution in [1.29, 1.82) is 0 Å². The molecule has 3 nitrogen and oxygen atoms in total. The van der Waals surface area contributed by atoms with Crippen LogP contribution in [0.15, 0.2) is 23.1 Å². The van der Waals surface area contributed by atoms with Crippen LogP contribution in [0.25, 0.3) is 0 Å². The lowest BCUT2D eigenvalue weighted by molar-refractivity contribution is 0.0655. The van der Waals surface area contributed by atoms with Crippen molar-refractivity contribution in [1.82, 2.24) is 10.2 Å². The summed E-state index contributed by atoms with van der Waals surface area (Å²) in [5.41, 5.74) is 0.609. The van der Waals surface area contributed by atoms with Gasteiger partial charge in [-0.1, -0.05) is 11.6 Å². The number of benzene rings is 1. The summed E-state index contributed by atoms with van der Waals surface area (Å²) < 4.78 is 0. The van der Waals surface area contributed by atoms with Crippen molar-refractivity contribution < 1.29 is 4.79 Å². The van der Waals surface area contributed by atoms with Gasteiger partial charge < -0.3 is 10.2 Å². The number of rotatable bonds is 2. The molecule has 1 aliphatic heterocycles. The van der Waals surface area contributed by atoms with Gasteiger partial charge in [0, 0.05) is 30.6 Å². The second-order valence-electron chi connectivity index (χ2n) is 4.40. The Morgan fingerprint density at radius 3 is 2.89 bits per heavy atom. The van der Waals surface area contributed by atoms with Gasteiger partial charge in [0.1, 0.15) is 0 Å². The molecule has 0 radical (unpaired) electrons. The molecule has 1 heterocycles. The lowest BCUT2D eigenvalue weighted by Crippen LogP contribution is -2.52. The maximum absolute atomic E-state index is 12.5. The van der Waals surface area contributed by atoms with E-state index < -0.39 is 0 Å². The Morgan fingerprint density at radius 2 is 2.26 bits per heavy atom. The Bertz CT molecular complexity index is 456. The predicted molar refractivity (Wildman–Crippen MR) is 83.8 cm³/mol. The molecule has 6 heteroatoms. The number of carbonyl (C=O) groups is 1. The third kappa shape index (κ3) is 3.78. The molecule has 2 rings (SSSR count). The first-order chi connectivity index (χ1) is 8.63. The molecule has 19 heavy (non-hydrogen) atoms. The fraction of sp³-hybridized carbons (Fsp3) is 0.462. The van der Waals surface area contributed by atoms with Gasteiger partial charge in [-0.3, -0.25) is 4.79 Å². The molecule has 0 aliphatic carbocycles. The summed E-state index contributed by atoms with van der Waals surface area (Å²) in [5, 5.41) is 3.81. The lowest BCUT2D eigenvalue weighted by Gasteiger charge is -2.34. The van der Waals surface area contributed by atoms with Crippen molar-refractivity contribution in [2.75, 3.05) is 25.9 Å². The van der Waals surface area contributed by atoms with E-state index in [1.165, 1.54) is 0 Å². The van der Waals surface area contributed by atoms with Gasteiger partial charge in [0.05, 0.1) is 10.6 Å². The van der Waals surface area contributed by atoms with Crippen LogP contribution < -0.4 is 5.32 Å². The first-order valence-corrected chi connectivity index (χ1v) is 7.59. The molecule has 0 spiro atoms. The van der Waals surface area contributed by atoms with Gasteiger partial charge >= 0.3 is 0 Å². The predicted octanol–water partition coefficient (Wildman–Crippen LogP) is 2.92. The van der Waals surface area contributed by atoms with Crippen LogP contribution in [0.4, 0.5) is 0 Å². The quantitative estimate of drug-likeness (QED) is 0.850. The first-order valence-electron chi connectivity index (χ1n) is 5.98. The van der Waals surface area contributed by atoms with Crippen LogP contribution in [0.2, 0.25) is 5.02 Å². The van der Waals surface area contributed by atoms with Crippen LogP contribution >= 0.6 is 35.8 Å². The molecule has 1 aromatic rings. The topological polar surface area (TPSA) is 32.3 Å². The summed E-state index contributed by atoms with van der Waals surface area (Å²) in [6, 6.07) is 5.82. The zero-order valence-corrected chi connectivity index (χ0v) is 13.4. The molecule has 0 aromatic heterocycles. The summed E-state index contributed by atoms with van der Waals surface area (Å²) in [6.07, 6.45) is 1.99. The number of hydrogen-bond acceptors (Lipinski definition) is 3. The van der Waals surface area contributed by atoms with E-state index in [9.17, 15) is 4.79 Å². The molecule has 1 saturated heterocycles. The Morgan fingerprint density at radius 1 is 1.53 bits per heavy atom. The van der Waals surface area contributed by atoms with Crippen molar-refractivity contribution in [3.63, 3.8) is 0 Å². The fourth-order valence-electron chi connectivity index (χ4n) is 2.09. The normalized spacial score (nSPS) is 18.9. The average Bonchev–Trinajstić information content (AvgIpc) is 2.39. The number of amides is 1. The minimum absolute atomic E-state index is 0. The first kappa shape index (κ1) is 16.6. The van der Waals surface area contributed by atoms with E-state index >= 15 is 0 Å². The molecule has 1 N–H and O–H groups in total. The van der Waals surface area contributed by atoms with Gasteiger partial charge in [0.15, 0.2) is 0 Å². The van der Waals surface area contributed by atoms with E-state index in [0.29, 0.717) is 10.6 Å². The molecule has 106 valence electrons. The van der Waals surface area contributed by atoms with E-state index in [1.807, 2.05) is 23.3 Å². The van der Waals surface area contributed by atoms with E-state index in [2.05, 4.69) is 12.2 Å². The Labute approximate surface area is 129 Å². The highest BCUT2D eigenvalue weighted by Gasteiger charge is 2.25. The molecule has 1 aliphatic rings. The van der Waals surface area contributed by atoms with Gasteiger partial charge in [-0.2, -0.15) is 0 Å². The maximum Gasteiger partial charge on any atom is 0.255 e. The standard InChI is InChI=1S/C13H17ClN2OS.ClH/c1-9-8-15-5-6-16(9)13(17)11-7-10(18-2)3-4-12(11)14;/h3-4,7,9,15H,5-6,8H2,1-2H3;1H/t9-;/m0./s1. The largest absolute Gasteiger partial charge is 0.333 e. The minimum atomic E-state index is 0. The van der Waals surface area contributed by atoms with Crippen LogP contribution in [0, 0.1) is 0 Å². The SMILES string of the molecule is CSc1ccc(Cl)c(C(=O)N2CCNC[C@@H]2C)c1.Cl. The smallest absolute Gasteiger partial charge is 0.255 e. The number of thioether (sulfide) groups is 1. The summed E-state index contributed by atoms with van der Waals surface area (Å²) >= 11 is 7.76. The van der Waals surface area contributed by atoms with Crippen molar-refractivity contribution in [3.05, 3.63) is 28.8 Å². The summed E-state index contributed by atoms with van der Waals surface area (Å²) in [4.78, 5) is 15.5. The monoisotopic (exact) mass is 320 g/mol. The molecule has 1 fully saturated rings. The second kappa shape index (κ2) is 7.39. The molecular formula is C13H18Cl2N2OS. The number of halogens is 2. The molecular weight excluding hydrogens is 303 g/mol. The van der Waals surface area contributed by atoms with Gasteiger partial charge in [-0.05, 0) is 31.4 Å².